The molecule has 2 aliphatic rings. The summed E-state index contributed by atoms with van der Waals surface area (Å²) in [6.07, 6.45) is 2.22. The molecular formula is C23H28ClN3O. The van der Waals surface area contributed by atoms with Crippen molar-refractivity contribution < 1.29 is 4.79 Å². The standard InChI is InChI=1S/C23H28ClN3O/c1-18-7-2-5-11-22(18)26-15-13-25(14-16-26)19-8-6-12-27(17-19)23(28)20-9-3-4-10-21(20)24/h2-5,7,9-11,19H,6,8,12-17H2,1H3. The molecule has 0 spiro atoms. The molecule has 1 atom stereocenters. The number of rotatable bonds is 3. The number of hydrogen-bond acceptors (Lipinski definition) is 3. The van der Waals surface area contributed by atoms with E-state index >= 15 is 0 Å². The molecular weight excluding hydrogens is 370 g/mol. The second kappa shape index (κ2) is 8.54. The van der Waals surface area contributed by atoms with E-state index in [1.807, 2.05) is 23.1 Å². The third-order valence-electron chi connectivity index (χ3n) is 6.07. The van der Waals surface area contributed by atoms with Gasteiger partial charge in [-0.3, -0.25) is 9.69 Å². The van der Waals surface area contributed by atoms with Gasteiger partial charge in [-0.15, -0.1) is 0 Å². The monoisotopic (exact) mass is 397 g/mol. The highest BCUT2D eigenvalue weighted by Crippen LogP contribution is 2.25. The van der Waals surface area contributed by atoms with Gasteiger partial charge in [0.15, 0.2) is 0 Å². The topological polar surface area (TPSA) is 26.8 Å². The lowest BCUT2D eigenvalue weighted by Gasteiger charge is -2.44. The zero-order valence-corrected chi connectivity index (χ0v) is 17.2. The van der Waals surface area contributed by atoms with Crippen LogP contribution < -0.4 is 4.90 Å². The molecule has 1 amide bonds. The van der Waals surface area contributed by atoms with E-state index in [1.54, 1.807) is 6.07 Å². The molecule has 0 aromatic heterocycles. The second-order valence-corrected chi connectivity index (χ2v) is 8.24. The van der Waals surface area contributed by atoms with Gasteiger partial charge in [0.2, 0.25) is 0 Å². The second-order valence-electron chi connectivity index (χ2n) is 7.84. The largest absolute Gasteiger partial charge is 0.369 e. The van der Waals surface area contributed by atoms with Gasteiger partial charge in [0.05, 0.1) is 10.6 Å². The van der Waals surface area contributed by atoms with E-state index in [1.165, 1.54) is 11.3 Å². The lowest BCUT2D eigenvalue weighted by Crippen LogP contribution is -2.56. The number of benzene rings is 2. The minimum Gasteiger partial charge on any atom is -0.369 e. The number of carbonyl (C=O) groups is 1. The number of likely N-dealkylation sites (tertiary alicyclic amines) is 1. The Morgan fingerprint density at radius 3 is 2.43 bits per heavy atom. The van der Waals surface area contributed by atoms with Crippen LogP contribution in [0.25, 0.3) is 0 Å². The Morgan fingerprint density at radius 1 is 0.964 bits per heavy atom. The number of nitrogens with zero attached hydrogens (tertiary/aromatic N) is 3. The van der Waals surface area contributed by atoms with Gasteiger partial charge in [-0.1, -0.05) is 41.9 Å². The van der Waals surface area contributed by atoms with Crippen molar-refractivity contribution in [3.05, 3.63) is 64.7 Å². The number of hydrogen-bond donors (Lipinski definition) is 0. The zero-order valence-electron chi connectivity index (χ0n) is 16.5. The fourth-order valence-corrected chi connectivity index (χ4v) is 4.71. The minimum absolute atomic E-state index is 0.0637. The zero-order chi connectivity index (χ0) is 19.5. The molecule has 2 saturated heterocycles. The molecule has 1 unspecified atom stereocenters. The van der Waals surface area contributed by atoms with Crippen LogP contribution in [0.15, 0.2) is 48.5 Å². The van der Waals surface area contributed by atoms with Crippen LogP contribution in [0.1, 0.15) is 28.8 Å². The maximum atomic E-state index is 12.9. The molecule has 2 aromatic rings. The average molecular weight is 398 g/mol. The van der Waals surface area contributed by atoms with Crippen LogP contribution in [0.2, 0.25) is 5.02 Å². The molecule has 2 aliphatic heterocycles. The third kappa shape index (κ3) is 4.03. The lowest BCUT2D eigenvalue weighted by atomic mass is 10.0. The normalized spacial score (nSPS) is 21.0. The van der Waals surface area contributed by atoms with Crippen LogP contribution in [0.4, 0.5) is 5.69 Å². The predicted molar refractivity (Wildman–Crippen MR) is 115 cm³/mol. The highest BCUT2D eigenvalue weighted by molar-refractivity contribution is 6.33. The van der Waals surface area contributed by atoms with E-state index in [0.29, 0.717) is 16.6 Å². The van der Waals surface area contributed by atoms with Crippen LogP contribution >= 0.6 is 11.6 Å². The fourth-order valence-electron chi connectivity index (χ4n) is 4.49. The van der Waals surface area contributed by atoms with Crippen LogP contribution in [-0.2, 0) is 0 Å². The fraction of sp³-hybridized carbons (Fsp3) is 0.435. The molecule has 0 bridgehead atoms. The van der Waals surface area contributed by atoms with Crippen molar-refractivity contribution >= 4 is 23.2 Å². The molecule has 28 heavy (non-hydrogen) atoms. The van der Waals surface area contributed by atoms with Crippen molar-refractivity contribution in [2.24, 2.45) is 0 Å². The Morgan fingerprint density at radius 2 is 1.68 bits per heavy atom. The minimum atomic E-state index is 0.0637. The van der Waals surface area contributed by atoms with Gasteiger partial charge in [-0.2, -0.15) is 0 Å². The number of aryl methyl sites for hydroxylation is 1. The number of carbonyl (C=O) groups excluding carboxylic acids is 1. The quantitative estimate of drug-likeness (QED) is 0.780. The van der Waals surface area contributed by atoms with Crippen molar-refractivity contribution in [3.63, 3.8) is 0 Å². The highest BCUT2D eigenvalue weighted by atomic mass is 35.5. The summed E-state index contributed by atoms with van der Waals surface area (Å²) < 4.78 is 0. The first-order chi connectivity index (χ1) is 13.6. The van der Waals surface area contributed by atoms with E-state index in [-0.39, 0.29) is 5.91 Å². The van der Waals surface area contributed by atoms with Gasteiger partial charge in [-0.05, 0) is 43.5 Å². The van der Waals surface area contributed by atoms with Crippen molar-refractivity contribution in [2.75, 3.05) is 44.2 Å². The van der Waals surface area contributed by atoms with Gasteiger partial charge in [0.1, 0.15) is 0 Å². The molecule has 4 nitrogen and oxygen atoms in total. The van der Waals surface area contributed by atoms with Crippen molar-refractivity contribution in [1.82, 2.24) is 9.80 Å². The van der Waals surface area contributed by atoms with Crippen LogP contribution in [-0.4, -0.2) is 61.0 Å². The number of amides is 1. The molecule has 0 N–H and O–H groups in total. The maximum absolute atomic E-state index is 12.9. The smallest absolute Gasteiger partial charge is 0.255 e. The molecule has 0 aliphatic carbocycles. The van der Waals surface area contributed by atoms with Gasteiger partial charge in [-0.25, -0.2) is 0 Å². The predicted octanol–water partition coefficient (Wildman–Crippen LogP) is 4.08. The number of piperazine rings is 1. The molecule has 0 saturated carbocycles. The van der Waals surface area contributed by atoms with Crippen LogP contribution in [0, 0.1) is 6.92 Å². The van der Waals surface area contributed by atoms with Gasteiger partial charge in [0, 0.05) is 51.0 Å². The first kappa shape index (κ1) is 19.3. The average Bonchev–Trinajstić information content (AvgIpc) is 2.74. The molecule has 148 valence electrons. The number of halogens is 1. The molecule has 2 fully saturated rings. The first-order valence-corrected chi connectivity index (χ1v) is 10.6. The van der Waals surface area contributed by atoms with Gasteiger partial charge >= 0.3 is 0 Å². The number of anilines is 1. The van der Waals surface area contributed by atoms with E-state index in [4.69, 9.17) is 11.6 Å². The Balaban J connectivity index is 1.37. The summed E-state index contributed by atoms with van der Waals surface area (Å²) in [4.78, 5) is 20.0. The Bertz CT molecular complexity index is 832. The Kier molecular flexibility index (Phi) is 5.88. The summed E-state index contributed by atoms with van der Waals surface area (Å²) in [6, 6.07) is 16.4. The SMILES string of the molecule is Cc1ccccc1N1CCN(C2CCCN(C(=O)c3ccccc3Cl)C2)CC1. The lowest BCUT2D eigenvalue weighted by molar-refractivity contribution is 0.0563. The van der Waals surface area contributed by atoms with E-state index in [9.17, 15) is 4.79 Å². The van der Waals surface area contributed by atoms with E-state index < -0.39 is 0 Å². The number of piperidine rings is 1. The van der Waals surface area contributed by atoms with E-state index in [0.717, 1.165) is 52.1 Å². The highest BCUT2D eigenvalue weighted by Gasteiger charge is 2.31. The summed E-state index contributed by atoms with van der Waals surface area (Å²) in [6.45, 7) is 7.99. The van der Waals surface area contributed by atoms with Gasteiger partial charge < -0.3 is 9.80 Å². The maximum Gasteiger partial charge on any atom is 0.255 e. The summed E-state index contributed by atoms with van der Waals surface area (Å²) in [5, 5.41) is 0.543. The van der Waals surface area contributed by atoms with Crippen LogP contribution in [0.3, 0.4) is 0 Å². The third-order valence-corrected chi connectivity index (χ3v) is 6.40. The molecule has 2 aromatic carbocycles. The van der Waals surface area contributed by atoms with Crippen molar-refractivity contribution in [1.29, 1.82) is 0 Å². The first-order valence-electron chi connectivity index (χ1n) is 10.2. The number of para-hydroxylation sites is 1. The van der Waals surface area contributed by atoms with Crippen molar-refractivity contribution in [3.8, 4) is 0 Å². The van der Waals surface area contributed by atoms with E-state index in [2.05, 4.69) is 41.0 Å². The molecule has 4 rings (SSSR count). The summed E-state index contributed by atoms with van der Waals surface area (Å²) in [7, 11) is 0. The van der Waals surface area contributed by atoms with Gasteiger partial charge in [0.25, 0.3) is 5.91 Å². The Labute approximate surface area is 172 Å². The summed E-state index contributed by atoms with van der Waals surface area (Å²) >= 11 is 6.25. The van der Waals surface area contributed by atoms with Crippen LogP contribution in [0.5, 0.6) is 0 Å². The molecule has 5 heteroatoms. The molecule has 0 radical (unpaired) electrons. The summed E-state index contributed by atoms with van der Waals surface area (Å²) in [5.74, 6) is 0.0637. The Hall–Kier alpha value is -2.04. The van der Waals surface area contributed by atoms with Crippen molar-refractivity contribution in [2.45, 2.75) is 25.8 Å². The summed E-state index contributed by atoms with van der Waals surface area (Å²) in [5.41, 5.74) is 3.31. The molecule has 2 heterocycles.